The van der Waals surface area contributed by atoms with Gasteiger partial charge in [-0.2, -0.15) is 0 Å². The molecule has 0 fully saturated rings. The summed E-state index contributed by atoms with van der Waals surface area (Å²) >= 11 is 10.7. The van der Waals surface area contributed by atoms with Crippen LogP contribution in [0.4, 0.5) is 0 Å². The first-order chi connectivity index (χ1) is 4.20. The van der Waals surface area contributed by atoms with Crippen LogP contribution < -0.4 is 34.7 Å². The van der Waals surface area contributed by atoms with Gasteiger partial charge in [0.2, 0.25) is 0 Å². The summed E-state index contributed by atoms with van der Waals surface area (Å²) in [5.41, 5.74) is 0. The Morgan fingerprint density at radius 3 is 2.30 bits per heavy atom. The van der Waals surface area contributed by atoms with Crippen LogP contribution >= 0.6 is 23.2 Å². The van der Waals surface area contributed by atoms with Crippen LogP contribution in [0.2, 0.25) is 10.2 Å². The second kappa shape index (κ2) is 4.42. The first kappa shape index (κ1) is 10.5. The molecule has 1 aromatic heterocycles. The minimum Gasteiger partial charge on any atom is -0.858 e. The molecule has 0 saturated carbocycles. The largest absolute Gasteiger partial charge is 1.00 e. The topological polar surface area (TPSA) is 36.0 Å². The van der Waals surface area contributed by atoms with E-state index < -0.39 is 5.88 Å². The number of halogens is 2. The molecule has 0 unspecified atom stereocenters. The zero-order chi connectivity index (χ0) is 6.85. The molecule has 1 aromatic rings. The summed E-state index contributed by atoms with van der Waals surface area (Å²) in [6, 6.07) is 2.88. The van der Waals surface area contributed by atoms with E-state index in [1.54, 1.807) is 0 Å². The van der Waals surface area contributed by atoms with E-state index in [-0.39, 0.29) is 39.7 Å². The van der Waals surface area contributed by atoms with Gasteiger partial charge in [0.05, 0.1) is 5.02 Å². The van der Waals surface area contributed by atoms with Gasteiger partial charge in [-0.05, 0) is 12.1 Å². The van der Waals surface area contributed by atoms with Crippen LogP contribution in [-0.4, -0.2) is 4.98 Å². The average molecular weight is 186 g/mol. The zero-order valence-corrected chi connectivity index (χ0v) is 8.78. The van der Waals surface area contributed by atoms with Gasteiger partial charge < -0.3 is 5.11 Å². The van der Waals surface area contributed by atoms with Gasteiger partial charge >= 0.3 is 29.6 Å². The second-order valence-corrected chi connectivity index (χ2v) is 2.22. The van der Waals surface area contributed by atoms with Gasteiger partial charge in [0.25, 0.3) is 0 Å². The summed E-state index contributed by atoms with van der Waals surface area (Å²) in [6.45, 7) is 0. The summed E-state index contributed by atoms with van der Waals surface area (Å²) in [4.78, 5) is 3.35. The third-order valence-electron chi connectivity index (χ3n) is 0.780. The van der Waals surface area contributed by atoms with Gasteiger partial charge in [-0.25, -0.2) is 0 Å². The van der Waals surface area contributed by atoms with Crippen LogP contribution in [0.5, 0.6) is 5.88 Å². The molecule has 48 valence electrons. The summed E-state index contributed by atoms with van der Waals surface area (Å²) in [7, 11) is 0. The molecule has 0 aliphatic heterocycles. The van der Waals surface area contributed by atoms with Crippen molar-refractivity contribution in [1.82, 2.24) is 4.98 Å². The Hall–Kier alpha value is 0.530. The third-order valence-corrected chi connectivity index (χ3v) is 1.28. The molecular formula is C5H2Cl2NNaO. The standard InChI is InChI=1S/C5H3Cl2NO.Na/c6-3-1-2-4(7)8-5(3)9;/h1-2H,(H,8,9);/q;+1/p-1. The van der Waals surface area contributed by atoms with Gasteiger partial charge in [-0.3, -0.25) is 4.98 Å². The molecule has 0 bridgehead atoms. The molecule has 0 aliphatic rings. The first-order valence-electron chi connectivity index (χ1n) is 2.19. The summed E-state index contributed by atoms with van der Waals surface area (Å²) in [6.07, 6.45) is 0. The molecule has 0 saturated heterocycles. The summed E-state index contributed by atoms with van der Waals surface area (Å²) in [5, 5.41) is 10.8. The molecule has 2 nitrogen and oxygen atoms in total. The maximum Gasteiger partial charge on any atom is 1.00 e. The number of pyridine rings is 1. The number of rotatable bonds is 0. The van der Waals surface area contributed by atoms with E-state index in [4.69, 9.17) is 23.2 Å². The van der Waals surface area contributed by atoms with E-state index in [1.165, 1.54) is 12.1 Å². The SMILES string of the molecule is [Na+].[O-]c1nc(Cl)ccc1Cl. The molecule has 0 atom stereocenters. The van der Waals surface area contributed by atoms with Crippen LogP contribution in [-0.2, 0) is 0 Å². The van der Waals surface area contributed by atoms with Crippen molar-refractivity contribution in [2.75, 3.05) is 0 Å². The quantitative estimate of drug-likeness (QED) is 0.364. The third kappa shape index (κ3) is 2.64. The molecule has 0 amide bonds. The first-order valence-corrected chi connectivity index (χ1v) is 2.95. The fourth-order valence-electron chi connectivity index (χ4n) is 0.401. The van der Waals surface area contributed by atoms with E-state index in [0.717, 1.165) is 0 Å². The van der Waals surface area contributed by atoms with Gasteiger partial charge in [0, 0.05) is 5.88 Å². The molecule has 10 heavy (non-hydrogen) atoms. The fourth-order valence-corrected chi connectivity index (χ4v) is 0.646. The zero-order valence-electron chi connectivity index (χ0n) is 5.27. The molecule has 0 radical (unpaired) electrons. The van der Waals surface area contributed by atoms with Crippen molar-refractivity contribution < 1.29 is 34.7 Å². The summed E-state index contributed by atoms with van der Waals surface area (Å²) < 4.78 is 0. The minimum atomic E-state index is -0.482. The number of aromatic nitrogens is 1. The molecule has 0 aromatic carbocycles. The number of hydrogen-bond acceptors (Lipinski definition) is 2. The van der Waals surface area contributed by atoms with Gasteiger partial charge in [0.1, 0.15) is 5.15 Å². The average Bonchev–Trinajstić information content (AvgIpc) is 1.80. The Bertz CT molecular complexity index is 231. The van der Waals surface area contributed by atoms with Crippen LogP contribution in [0.25, 0.3) is 0 Å². The van der Waals surface area contributed by atoms with Crippen molar-refractivity contribution in [3.63, 3.8) is 0 Å². The molecule has 5 heteroatoms. The van der Waals surface area contributed by atoms with Crippen LogP contribution in [0.15, 0.2) is 12.1 Å². The molecular weight excluding hydrogens is 184 g/mol. The molecule has 0 aliphatic carbocycles. The second-order valence-electron chi connectivity index (χ2n) is 1.42. The Labute approximate surface area is 90.5 Å². The monoisotopic (exact) mass is 185 g/mol. The predicted molar refractivity (Wildman–Crippen MR) is 33.7 cm³/mol. The van der Waals surface area contributed by atoms with Crippen molar-refractivity contribution in [2.24, 2.45) is 0 Å². The van der Waals surface area contributed by atoms with Crippen LogP contribution in [0.3, 0.4) is 0 Å². The Balaban J connectivity index is 0.000000810. The van der Waals surface area contributed by atoms with Gasteiger partial charge in [0.15, 0.2) is 0 Å². The van der Waals surface area contributed by atoms with E-state index >= 15 is 0 Å². The smallest absolute Gasteiger partial charge is 0.858 e. The van der Waals surface area contributed by atoms with E-state index in [1.807, 2.05) is 0 Å². The van der Waals surface area contributed by atoms with Crippen molar-refractivity contribution in [3.8, 4) is 5.88 Å². The Kier molecular flexibility index (Phi) is 4.65. The van der Waals surface area contributed by atoms with Gasteiger partial charge in [-0.15, -0.1) is 0 Å². The Morgan fingerprint density at radius 2 is 1.90 bits per heavy atom. The summed E-state index contributed by atoms with van der Waals surface area (Å²) in [5.74, 6) is -0.482. The molecule has 0 N–H and O–H groups in total. The number of nitrogens with zero attached hydrogens (tertiary/aromatic N) is 1. The van der Waals surface area contributed by atoms with Crippen molar-refractivity contribution in [3.05, 3.63) is 22.3 Å². The molecule has 0 spiro atoms. The van der Waals surface area contributed by atoms with E-state index in [0.29, 0.717) is 0 Å². The maximum absolute atomic E-state index is 10.5. The Morgan fingerprint density at radius 1 is 1.30 bits per heavy atom. The molecule has 1 heterocycles. The number of hydrogen-bond donors (Lipinski definition) is 0. The van der Waals surface area contributed by atoms with Gasteiger partial charge in [-0.1, -0.05) is 23.2 Å². The minimum absolute atomic E-state index is 0. The molecule has 1 rings (SSSR count). The fraction of sp³-hybridized carbons (Fsp3) is 0. The van der Waals surface area contributed by atoms with Crippen molar-refractivity contribution >= 4 is 23.2 Å². The van der Waals surface area contributed by atoms with Crippen molar-refractivity contribution in [1.29, 1.82) is 0 Å². The van der Waals surface area contributed by atoms with Crippen LogP contribution in [0.1, 0.15) is 0 Å². The van der Waals surface area contributed by atoms with Crippen LogP contribution in [0, 0.1) is 0 Å². The van der Waals surface area contributed by atoms with E-state index in [2.05, 4.69) is 4.98 Å². The normalized spacial score (nSPS) is 8.60. The predicted octanol–water partition coefficient (Wildman–Crippen LogP) is -1.53. The maximum atomic E-state index is 10.5. The van der Waals surface area contributed by atoms with Crippen molar-refractivity contribution in [2.45, 2.75) is 0 Å². The van der Waals surface area contributed by atoms with E-state index in [9.17, 15) is 5.11 Å².